The highest BCUT2D eigenvalue weighted by Crippen LogP contribution is 2.15. The average molecular weight is 327 g/mol. The summed E-state index contributed by atoms with van der Waals surface area (Å²) in [5, 5.41) is 9.80. The standard InChI is InChI=1S/C20H38O3/c1-4-5-6-7-8-9-10-11-12-13-14-15-16-17-19(21)18(2)20(22)23-3/h19,21H,2,4-17H2,1,3H3. The lowest BCUT2D eigenvalue weighted by molar-refractivity contribution is -0.137. The van der Waals surface area contributed by atoms with Crippen LogP contribution in [0.4, 0.5) is 0 Å². The summed E-state index contributed by atoms with van der Waals surface area (Å²) < 4.78 is 4.55. The number of esters is 1. The van der Waals surface area contributed by atoms with Gasteiger partial charge in [-0.2, -0.15) is 0 Å². The minimum atomic E-state index is -0.754. The van der Waals surface area contributed by atoms with Crippen LogP contribution in [0.15, 0.2) is 12.2 Å². The number of carbonyl (C=O) groups excluding carboxylic acids is 1. The van der Waals surface area contributed by atoms with Gasteiger partial charge in [-0.25, -0.2) is 4.79 Å². The molecule has 0 aliphatic heterocycles. The third-order valence-electron chi connectivity index (χ3n) is 4.43. The Labute approximate surface area is 143 Å². The number of ether oxygens (including phenoxy) is 1. The normalized spacial score (nSPS) is 12.1. The van der Waals surface area contributed by atoms with Gasteiger partial charge in [0.25, 0.3) is 0 Å². The predicted octanol–water partition coefficient (Wildman–Crippen LogP) is 5.56. The molecule has 0 aliphatic carbocycles. The molecule has 0 aromatic rings. The van der Waals surface area contributed by atoms with Crippen molar-refractivity contribution < 1.29 is 14.6 Å². The van der Waals surface area contributed by atoms with Crippen molar-refractivity contribution in [3.63, 3.8) is 0 Å². The van der Waals surface area contributed by atoms with E-state index in [4.69, 9.17) is 0 Å². The molecule has 1 unspecified atom stereocenters. The number of aliphatic hydroxyl groups excluding tert-OH is 1. The fourth-order valence-electron chi connectivity index (χ4n) is 2.80. The zero-order valence-electron chi connectivity index (χ0n) is 15.4. The Morgan fingerprint density at radius 3 is 1.65 bits per heavy atom. The first kappa shape index (κ1) is 22.2. The van der Waals surface area contributed by atoms with E-state index in [1.165, 1.54) is 77.7 Å². The van der Waals surface area contributed by atoms with Crippen LogP contribution in [0.25, 0.3) is 0 Å². The molecule has 136 valence electrons. The summed E-state index contributed by atoms with van der Waals surface area (Å²) in [5.74, 6) is -0.507. The molecule has 1 N–H and O–H groups in total. The summed E-state index contributed by atoms with van der Waals surface area (Å²) >= 11 is 0. The van der Waals surface area contributed by atoms with E-state index in [-0.39, 0.29) is 5.57 Å². The molecule has 3 heteroatoms. The van der Waals surface area contributed by atoms with E-state index in [0.29, 0.717) is 6.42 Å². The molecule has 0 saturated heterocycles. The van der Waals surface area contributed by atoms with Crippen molar-refractivity contribution in [1.29, 1.82) is 0 Å². The molecule has 0 bridgehead atoms. The van der Waals surface area contributed by atoms with Crippen molar-refractivity contribution in [2.45, 2.75) is 103 Å². The second-order valence-corrected chi connectivity index (χ2v) is 6.56. The zero-order valence-corrected chi connectivity index (χ0v) is 15.4. The highest BCUT2D eigenvalue weighted by atomic mass is 16.5. The van der Waals surface area contributed by atoms with Crippen molar-refractivity contribution >= 4 is 5.97 Å². The van der Waals surface area contributed by atoms with Crippen LogP contribution in [0, 0.1) is 0 Å². The van der Waals surface area contributed by atoms with Gasteiger partial charge in [0.2, 0.25) is 0 Å². The summed E-state index contributed by atoms with van der Waals surface area (Å²) in [6.45, 7) is 5.84. The molecule has 0 saturated carbocycles. The van der Waals surface area contributed by atoms with Crippen LogP contribution in [0.2, 0.25) is 0 Å². The second-order valence-electron chi connectivity index (χ2n) is 6.56. The third-order valence-corrected chi connectivity index (χ3v) is 4.43. The monoisotopic (exact) mass is 326 g/mol. The number of methoxy groups -OCH3 is 1. The van der Waals surface area contributed by atoms with Crippen molar-refractivity contribution in [2.75, 3.05) is 7.11 Å². The molecule has 3 nitrogen and oxygen atoms in total. The van der Waals surface area contributed by atoms with Crippen LogP contribution in [0.3, 0.4) is 0 Å². The topological polar surface area (TPSA) is 46.5 Å². The quantitative estimate of drug-likeness (QED) is 0.229. The van der Waals surface area contributed by atoms with Crippen molar-refractivity contribution in [1.82, 2.24) is 0 Å². The van der Waals surface area contributed by atoms with Crippen molar-refractivity contribution in [3.05, 3.63) is 12.2 Å². The lowest BCUT2D eigenvalue weighted by atomic mass is 10.0. The molecule has 0 amide bonds. The first-order valence-electron chi connectivity index (χ1n) is 9.58. The smallest absolute Gasteiger partial charge is 0.335 e. The SMILES string of the molecule is C=C(C(=O)OC)C(O)CCCCCCCCCCCCCCC. The van der Waals surface area contributed by atoms with Crippen LogP contribution in [-0.4, -0.2) is 24.3 Å². The van der Waals surface area contributed by atoms with E-state index in [1.54, 1.807) is 0 Å². The van der Waals surface area contributed by atoms with Gasteiger partial charge < -0.3 is 9.84 Å². The Kier molecular flexibility index (Phi) is 15.5. The van der Waals surface area contributed by atoms with Crippen LogP contribution in [0.5, 0.6) is 0 Å². The van der Waals surface area contributed by atoms with Crippen LogP contribution in [-0.2, 0) is 9.53 Å². The van der Waals surface area contributed by atoms with Gasteiger partial charge in [0, 0.05) is 0 Å². The fourth-order valence-corrected chi connectivity index (χ4v) is 2.80. The van der Waals surface area contributed by atoms with Gasteiger partial charge in [0.1, 0.15) is 0 Å². The van der Waals surface area contributed by atoms with Gasteiger partial charge in [-0.05, 0) is 6.42 Å². The zero-order chi connectivity index (χ0) is 17.3. The highest BCUT2D eigenvalue weighted by molar-refractivity contribution is 5.88. The fraction of sp³-hybridized carbons (Fsp3) is 0.850. The second kappa shape index (κ2) is 16.0. The maximum Gasteiger partial charge on any atom is 0.335 e. The van der Waals surface area contributed by atoms with Crippen LogP contribution in [0.1, 0.15) is 96.8 Å². The van der Waals surface area contributed by atoms with Gasteiger partial charge in [-0.1, -0.05) is 97.0 Å². The maximum atomic E-state index is 11.2. The van der Waals surface area contributed by atoms with Gasteiger partial charge >= 0.3 is 5.97 Å². The van der Waals surface area contributed by atoms with Crippen molar-refractivity contribution in [2.24, 2.45) is 0 Å². The summed E-state index contributed by atoms with van der Waals surface area (Å²) in [6.07, 6.45) is 16.8. The lowest BCUT2D eigenvalue weighted by Gasteiger charge is -2.11. The summed E-state index contributed by atoms with van der Waals surface area (Å²) in [6, 6.07) is 0. The minimum absolute atomic E-state index is 0.173. The van der Waals surface area contributed by atoms with Crippen molar-refractivity contribution in [3.8, 4) is 0 Å². The number of aliphatic hydroxyl groups is 1. The summed E-state index contributed by atoms with van der Waals surface area (Å²) in [5.41, 5.74) is 0.173. The van der Waals surface area contributed by atoms with E-state index < -0.39 is 12.1 Å². The van der Waals surface area contributed by atoms with Gasteiger partial charge in [0.05, 0.1) is 18.8 Å². The van der Waals surface area contributed by atoms with Crippen LogP contribution >= 0.6 is 0 Å². The Balaban J connectivity index is 3.27. The molecule has 0 aliphatic rings. The van der Waals surface area contributed by atoms with E-state index in [2.05, 4.69) is 18.2 Å². The molecule has 0 aromatic carbocycles. The van der Waals surface area contributed by atoms with E-state index >= 15 is 0 Å². The highest BCUT2D eigenvalue weighted by Gasteiger charge is 2.16. The minimum Gasteiger partial charge on any atom is -0.466 e. The Morgan fingerprint density at radius 2 is 1.26 bits per heavy atom. The van der Waals surface area contributed by atoms with Gasteiger partial charge in [-0.15, -0.1) is 0 Å². The van der Waals surface area contributed by atoms with Gasteiger partial charge in [-0.3, -0.25) is 0 Å². The Hall–Kier alpha value is -0.830. The Bertz CT molecular complexity index is 299. The summed E-state index contributed by atoms with van der Waals surface area (Å²) in [7, 11) is 1.31. The van der Waals surface area contributed by atoms with E-state index in [1.807, 2.05) is 0 Å². The molecule has 0 fully saturated rings. The molecule has 0 radical (unpaired) electrons. The maximum absolute atomic E-state index is 11.2. The number of unbranched alkanes of at least 4 members (excludes halogenated alkanes) is 12. The molecule has 0 rings (SSSR count). The molecule has 23 heavy (non-hydrogen) atoms. The molecular weight excluding hydrogens is 288 g/mol. The number of hydrogen-bond acceptors (Lipinski definition) is 3. The van der Waals surface area contributed by atoms with Crippen LogP contribution < -0.4 is 0 Å². The molecule has 0 aromatic heterocycles. The number of carbonyl (C=O) groups is 1. The lowest BCUT2D eigenvalue weighted by Crippen LogP contribution is -2.18. The average Bonchev–Trinajstić information content (AvgIpc) is 2.57. The first-order valence-corrected chi connectivity index (χ1v) is 9.58. The molecule has 1 atom stereocenters. The third kappa shape index (κ3) is 13.3. The molecule has 0 spiro atoms. The van der Waals surface area contributed by atoms with E-state index in [9.17, 15) is 9.90 Å². The molecular formula is C20H38O3. The number of rotatable bonds is 16. The number of hydrogen-bond donors (Lipinski definition) is 1. The van der Waals surface area contributed by atoms with E-state index in [0.717, 1.165) is 12.8 Å². The first-order chi connectivity index (χ1) is 11.1. The summed E-state index contributed by atoms with van der Waals surface area (Å²) in [4.78, 5) is 11.2. The predicted molar refractivity (Wildman–Crippen MR) is 97.5 cm³/mol. The van der Waals surface area contributed by atoms with Gasteiger partial charge in [0.15, 0.2) is 0 Å². The largest absolute Gasteiger partial charge is 0.466 e. The Morgan fingerprint density at radius 1 is 0.870 bits per heavy atom. The molecule has 0 heterocycles.